The number of fused-ring (bicyclic) bond motifs is 1. The molecule has 0 aromatic heterocycles. The lowest BCUT2D eigenvalue weighted by molar-refractivity contribution is -0.123. The van der Waals surface area contributed by atoms with Crippen LogP contribution in [-0.4, -0.2) is 39.3 Å². The summed E-state index contributed by atoms with van der Waals surface area (Å²) >= 11 is 0. The minimum atomic E-state index is -3.68. The molecule has 31 heavy (non-hydrogen) atoms. The molecule has 0 aliphatic carbocycles. The van der Waals surface area contributed by atoms with Gasteiger partial charge in [0.25, 0.3) is 0 Å². The molecule has 0 fully saturated rings. The molecule has 1 amide bonds. The molecule has 168 valence electrons. The molecule has 7 nitrogen and oxygen atoms in total. The van der Waals surface area contributed by atoms with Crippen molar-refractivity contribution in [3.63, 3.8) is 0 Å². The summed E-state index contributed by atoms with van der Waals surface area (Å²) in [6.07, 6.45) is 1.66. The van der Waals surface area contributed by atoms with Crippen LogP contribution >= 0.6 is 0 Å². The third-order valence-corrected chi connectivity index (χ3v) is 6.58. The number of ether oxygens (including phenoxy) is 2. The summed E-state index contributed by atoms with van der Waals surface area (Å²) in [6, 6.07) is 11.3. The van der Waals surface area contributed by atoms with Crippen molar-refractivity contribution in [2.45, 2.75) is 51.8 Å². The standard InChI is InChI=1S/C23H30N2O5S/c1-15-8-7-9-17(12-15)25(31(6,27)28)16(2)22(26)24-20-14-23(3,4)30-21-13-18(29-5)10-11-19(20)21/h7-13,16,20H,14H2,1-6H3,(H,24,26)/t16-,20-/m0/s1. The third kappa shape index (κ3) is 5.12. The number of amides is 1. The minimum absolute atomic E-state index is 0.321. The molecule has 0 unspecified atom stereocenters. The molecule has 0 bridgehead atoms. The van der Waals surface area contributed by atoms with E-state index in [9.17, 15) is 13.2 Å². The van der Waals surface area contributed by atoms with Crippen LogP contribution in [0.5, 0.6) is 11.5 Å². The molecular weight excluding hydrogens is 416 g/mol. The number of carbonyl (C=O) groups is 1. The van der Waals surface area contributed by atoms with Crippen molar-refractivity contribution in [2.24, 2.45) is 0 Å². The van der Waals surface area contributed by atoms with E-state index in [0.29, 0.717) is 23.6 Å². The van der Waals surface area contributed by atoms with Crippen molar-refractivity contribution in [1.29, 1.82) is 0 Å². The summed E-state index contributed by atoms with van der Waals surface area (Å²) in [7, 11) is -2.10. The SMILES string of the molecule is COc1ccc2c(c1)OC(C)(C)C[C@@H]2NC(=O)[C@H](C)N(c1cccc(C)c1)S(C)(=O)=O. The molecule has 1 heterocycles. The van der Waals surface area contributed by atoms with Crippen molar-refractivity contribution < 1.29 is 22.7 Å². The van der Waals surface area contributed by atoms with Gasteiger partial charge in [-0.15, -0.1) is 0 Å². The van der Waals surface area contributed by atoms with Gasteiger partial charge in [-0.3, -0.25) is 9.10 Å². The van der Waals surface area contributed by atoms with E-state index in [-0.39, 0.29) is 11.9 Å². The smallest absolute Gasteiger partial charge is 0.244 e. The number of nitrogens with zero attached hydrogens (tertiary/aromatic N) is 1. The van der Waals surface area contributed by atoms with Crippen molar-refractivity contribution in [1.82, 2.24) is 5.32 Å². The number of hydrogen-bond acceptors (Lipinski definition) is 5. The largest absolute Gasteiger partial charge is 0.497 e. The average molecular weight is 447 g/mol. The average Bonchev–Trinajstić information content (AvgIpc) is 2.65. The van der Waals surface area contributed by atoms with Gasteiger partial charge in [0, 0.05) is 18.1 Å². The summed E-state index contributed by atoms with van der Waals surface area (Å²) in [6.45, 7) is 7.38. The summed E-state index contributed by atoms with van der Waals surface area (Å²) in [5, 5.41) is 3.04. The van der Waals surface area contributed by atoms with E-state index in [1.807, 2.05) is 39.0 Å². The lowest BCUT2D eigenvalue weighted by Crippen LogP contribution is -2.50. The molecule has 3 rings (SSSR count). The molecule has 2 aromatic carbocycles. The van der Waals surface area contributed by atoms with Crippen LogP contribution in [0.2, 0.25) is 0 Å². The Labute approximate surface area is 184 Å². The first-order chi connectivity index (χ1) is 14.4. The topological polar surface area (TPSA) is 84.9 Å². The van der Waals surface area contributed by atoms with Crippen LogP contribution in [0.1, 0.15) is 44.4 Å². The van der Waals surface area contributed by atoms with E-state index in [1.165, 1.54) is 0 Å². The summed E-state index contributed by atoms with van der Waals surface area (Å²) in [5.74, 6) is 0.932. The number of methoxy groups -OCH3 is 1. The highest BCUT2D eigenvalue weighted by Crippen LogP contribution is 2.41. The minimum Gasteiger partial charge on any atom is -0.497 e. The number of benzene rings is 2. The summed E-state index contributed by atoms with van der Waals surface area (Å²) in [5.41, 5.74) is 1.70. The summed E-state index contributed by atoms with van der Waals surface area (Å²) in [4.78, 5) is 13.2. The van der Waals surface area contributed by atoms with Gasteiger partial charge in [-0.2, -0.15) is 0 Å². The molecule has 1 aliphatic rings. The van der Waals surface area contributed by atoms with E-state index >= 15 is 0 Å². The monoisotopic (exact) mass is 446 g/mol. The lowest BCUT2D eigenvalue weighted by atomic mass is 9.89. The van der Waals surface area contributed by atoms with Gasteiger partial charge >= 0.3 is 0 Å². The van der Waals surface area contributed by atoms with E-state index < -0.39 is 21.7 Å². The quantitative estimate of drug-likeness (QED) is 0.733. The maximum atomic E-state index is 13.2. The van der Waals surface area contributed by atoms with Gasteiger partial charge in [-0.1, -0.05) is 12.1 Å². The number of hydrogen-bond donors (Lipinski definition) is 1. The van der Waals surface area contributed by atoms with Crippen LogP contribution in [0.4, 0.5) is 5.69 Å². The van der Waals surface area contributed by atoms with Crippen molar-refractivity contribution in [3.8, 4) is 11.5 Å². The molecule has 1 N–H and O–H groups in total. The number of rotatable bonds is 6. The fourth-order valence-corrected chi connectivity index (χ4v) is 5.12. The molecule has 0 saturated carbocycles. The first kappa shape index (κ1) is 22.9. The van der Waals surface area contributed by atoms with Crippen LogP contribution in [0.25, 0.3) is 0 Å². The second-order valence-electron chi connectivity index (χ2n) is 8.60. The Morgan fingerprint density at radius 1 is 1.26 bits per heavy atom. The zero-order chi connectivity index (χ0) is 23.0. The fraction of sp³-hybridized carbons (Fsp3) is 0.435. The van der Waals surface area contributed by atoms with Crippen LogP contribution in [0.15, 0.2) is 42.5 Å². The Balaban J connectivity index is 1.91. The molecule has 0 saturated heterocycles. The van der Waals surface area contributed by atoms with Crippen LogP contribution in [-0.2, 0) is 14.8 Å². The van der Waals surface area contributed by atoms with Crippen molar-refractivity contribution in [2.75, 3.05) is 17.7 Å². The van der Waals surface area contributed by atoms with Gasteiger partial charge in [0.15, 0.2) is 0 Å². The van der Waals surface area contributed by atoms with E-state index in [4.69, 9.17) is 9.47 Å². The molecule has 2 atom stereocenters. The number of aryl methyl sites for hydroxylation is 1. The van der Waals surface area contributed by atoms with Gasteiger partial charge in [0.1, 0.15) is 23.1 Å². The Hall–Kier alpha value is -2.74. The fourth-order valence-electron chi connectivity index (χ4n) is 3.95. The Morgan fingerprint density at radius 2 is 1.97 bits per heavy atom. The third-order valence-electron chi connectivity index (χ3n) is 5.34. The van der Waals surface area contributed by atoms with Gasteiger partial charge in [0.2, 0.25) is 15.9 Å². The number of sulfonamides is 1. The van der Waals surface area contributed by atoms with Crippen molar-refractivity contribution >= 4 is 21.6 Å². The first-order valence-corrected chi connectivity index (χ1v) is 12.0. The zero-order valence-electron chi connectivity index (χ0n) is 18.8. The van der Waals surface area contributed by atoms with Crippen LogP contribution in [0.3, 0.4) is 0 Å². The highest BCUT2D eigenvalue weighted by atomic mass is 32.2. The zero-order valence-corrected chi connectivity index (χ0v) is 19.6. The van der Waals surface area contributed by atoms with E-state index in [0.717, 1.165) is 21.7 Å². The normalized spacial score (nSPS) is 18.3. The van der Waals surface area contributed by atoms with Crippen LogP contribution < -0.4 is 19.1 Å². The molecule has 8 heteroatoms. The predicted octanol–water partition coefficient (Wildman–Crippen LogP) is 3.58. The molecule has 0 radical (unpaired) electrons. The maximum Gasteiger partial charge on any atom is 0.244 e. The van der Waals surface area contributed by atoms with Gasteiger partial charge < -0.3 is 14.8 Å². The van der Waals surface area contributed by atoms with Gasteiger partial charge in [-0.05, 0) is 57.5 Å². The van der Waals surface area contributed by atoms with Crippen LogP contribution in [0, 0.1) is 6.92 Å². The maximum absolute atomic E-state index is 13.2. The number of carbonyl (C=O) groups excluding carboxylic acids is 1. The predicted molar refractivity (Wildman–Crippen MR) is 121 cm³/mol. The van der Waals surface area contributed by atoms with E-state index in [1.54, 1.807) is 38.3 Å². The molecule has 1 aliphatic heterocycles. The van der Waals surface area contributed by atoms with Gasteiger partial charge in [-0.25, -0.2) is 8.42 Å². The van der Waals surface area contributed by atoms with Crippen molar-refractivity contribution in [3.05, 3.63) is 53.6 Å². The second kappa shape index (κ2) is 8.42. The second-order valence-corrected chi connectivity index (χ2v) is 10.5. The Morgan fingerprint density at radius 3 is 2.58 bits per heavy atom. The molecular formula is C23H30N2O5S. The number of anilines is 1. The molecule has 2 aromatic rings. The highest BCUT2D eigenvalue weighted by Gasteiger charge is 2.37. The Kier molecular flexibility index (Phi) is 6.23. The Bertz CT molecular complexity index is 1080. The first-order valence-electron chi connectivity index (χ1n) is 10.1. The van der Waals surface area contributed by atoms with E-state index in [2.05, 4.69) is 5.32 Å². The van der Waals surface area contributed by atoms with Gasteiger partial charge in [0.05, 0.1) is 25.1 Å². The highest BCUT2D eigenvalue weighted by molar-refractivity contribution is 7.92. The molecule has 0 spiro atoms. The number of nitrogens with one attached hydrogen (secondary N) is 1. The lowest BCUT2D eigenvalue weighted by Gasteiger charge is -2.39. The summed E-state index contributed by atoms with van der Waals surface area (Å²) < 4.78 is 37.7.